The summed E-state index contributed by atoms with van der Waals surface area (Å²) < 4.78 is 30.4. The summed E-state index contributed by atoms with van der Waals surface area (Å²) in [6, 6.07) is 5.50. The van der Waals surface area contributed by atoms with E-state index in [2.05, 4.69) is 10.1 Å². The normalized spacial score (nSPS) is 30.3. The maximum Gasteiger partial charge on any atom is 0.273 e. The molecule has 1 N–H and O–H groups in total. The molecule has 4 nitrogen and oxygen atoms in total. The Kier molecular flexibility index (Phi) is 4.34. The SMILES string of the molecule is Cc1c(S(=O)(=O)Nc2nc(C34CC5CC(CC(C5)C3)C4)cs2)sc2ccc(Cl)cc12. The zero-order valence-corrected chi connectivity index (χ0v) is 19.9. The summed E-state index contributed by atoms with van der Waals surface area (Å²) in [6.07, 6.45) is 7.84. The predicted octanol–water partition coefficient (Wildman–Crippen LogP) is 6.59. The molecular formula is C22H23ClN2O2S3. The highest BCUT2D eigenvalue weighted by Gasteiger charge is 2.52. The van der Waals surface area contributed by atoms with Crippen LogP contribution in [0.2, 0.25) is 5.02 Å². The number of thiazole rings is 1. The largest absolute Gasteiger partial charge is 0.273 e. The van der Waals surface area contributed by atoms with Gasteiger partial charge in [0.1, 0.15) is 4.21 Å². The number of nitrogens with one attached hydrogen (secondary N) is 1. The molecule has 4 aliphatic carbocycles. The third-order valence-electron chi connectivity index (χ3n) is 7.41. The molecular weight excluding hydrogens is 456 g/mol. The summed E-state index contributed by atoms with van der Waals surface area (Å²) in [4.78, 5) is 4.82. The number of anilines is 1. The molecule has 1 aromatic carbocycles. The number of nitrogens with zero attached hydrogens (tertiary/aromatic N) is 1. The first-order chi connectivity index (χ1) is 14.3. The molecule has 4 fully saturated rings. The molecule has 4 saturated carbocycles. The third-order valence-corrected chi connectivity index (χ3v) is 11.8. The second-order valence-corrected chi connectivity index (χ2v) is 13.7. The van der Waals surface area contributed by atoms with Crippen molar-refractivity contribution in [1.82, 2.24) is 4.98 Å². The van der Waals surface area contributed by atoms with Gasteiger partial charge in [-0.3, -0.25) is 4.72 Å². The topological polar surface area (TPSA) is 59.1 Å². The summed E-state index contributed by atoms with van der Waals surface area (Å²) in [7, 11) is -3.69. The van der Waals surface area contributed by atoms with Crippen LogP contribution >= 0.6 is 34.3 Å². The molecule has 158 valence electrons. The Labute approximate surface area is 189 Å². The molecule has 0 unspecified atom stereocenters. The number of fused-ring (bicyclic) bond motifs is 1. The van der Waals surface area contributed by atoms with Gasteiger partial charge in [0.15, 0.2) is 5.13 Å². The van der Waals surface area contributed by atoms with Gasteiger partial charge in [-0.05, 0) is 92.4 Å². The van der Waals surface area contributed by atoms with Crippen molar-refractivity contribution < 1.29 is 8.42 Å². The fraction of sp³-hybridized carbons (Fsp3) is 0.500. The van der Waals surface area contributed by atoms with Crippen LogP contribution in [0.4, 0.5) is 5.13 Å². The van der Waals surface area contributed by atoms with Crippen molar-refractivity contribution in [2.75, 3.05) is 4.72 Å². The van der Waals surface area contributed by atoms with Gasteiger partial charge in [0.2, 0.25) is 0 Å². The van der Waals surface area contributed by atoms with Gasteiger partial charge >= 0.3 is 0 Å². The molecule has 0 amide bonds. The minimum absolute atomic E-state index is 0.180. The minimum atomic E-state index is -3.69. The van der Waals surface area contributed by atoms with Gasteiger partial charge in [-0.25, -0.2) is 13.4 Å². The lowest BCUT2D eigenvalue weighted by Crippen LogP contribution is -2.48. The molecule has 0 aliphatic heterocycles. The molecule has 8 heteroatoms. The maximum atomic E-state index is 13.2. The molecule has 4 bridgehead atoms. The van der Waals surface area contributed by atoms with Crippen LogP contribution < -0.4 is 4.72 Å². The van der Waals surface area contributed by atoms with Crippen molar-refractivity contribution in [2.24, 2.45) is 17.8 Å². The fourth-order valence-electron chi connectivity index (χ4n) is 6.58. The van der Waals surface area contributed by atoms with Gasteiger partial charge in [-0.15, -0.1) is 22.7 Å². The van der Waals surface area contributed by atoms with Gasteiger partial charge in [-0.1, -0.05) is 11.6 Å². The number of halogens is 1. The first-order valence-electron chi connectivity index (χ1n) is 10.5. The van der Waals surface area contributed by atoms with E-state index in [-0.39, 0.29) is 5.41 Å². The summed E-state index contributed by atoms with van der Waals surface area (Å²) in [6.45, 7) is 1.84. The van der Waals surface area contributed by atoms with E-state index in [4.69, 9.17) is 16.6 Å². The Morgan fingerprint density at radius 2 is 1.80 bits per heavy atom. The zero-order valence-electron chi connectivity index (χ0n) is 16.7. The summed E-state index contributed by atoms with van der Waals surface area (Å²) in [5.41, 5.74) is 2.03. The lowest BCUT2D eigenvalue weighted by atomic mass is 9.49. The monoisotopic (exact) mass is 478 g/mol. The summed E-state index contributed by atoms with van der Waals surface area (Å²) >= 11 is 8.80. The molecule has 2 aromatic heterocycles. The number of aryl methyl sites for hydroxylation is 1. The van der Waals surface area contributed by atoms with E-state index >= 15 is 0 Å². The number of hydrogen-bond donors (Lipinski definition) is 1. The molecule has 4 aliphatic rings. The predicted molar refractivity (Wildman–Crippen MR) is 124 cm³/mol. The molecule has 30 heavy (non-hydrogen) atoms. The number of hydrogen-bond acceptors (Lipinski definition) is 5. The van der Waals surface area contributed by atoms with Crippen LogP contribution in [-0.2, 0) is 15.4 Å². The molecule has 0 saturated heterocycles. The van der Waals surface area contributed by atoms with Crippen molar-refractivity contribution in [2.45, 2.75) is 55.1 Å². The van der Waals surface area contributed by atoms with E-state index in [1.165, 1.54) is 61.2 Å². The highest BCUT2D eigenvalue weighted by molar-refractivity contribution is 7.95. The quantitative estimate of drug-likeness (QED) is 0.460. The van der Waals surface area contributed by atoms with Crippen molar-refractivity contribution in [3.8, 4) is 0 Å². The number of aromatic nitrogens is 1. The minimum Gasteiger partial charge on any atom is -0.254 e. The molecule has 2 heterocycles. The highest BCUT2D eigenvalue weighted by Crippen LogP contribution is 2.60. The maximum absolute atomic E-state index is 13.2. The average Bonchev–Trinajstić information content (AvgIpc) is 3.26. The van der Waals surface area contributed by atoms with E-state index in [0.29, 0.717) is 14.4 Å². The second-order valence-electron chi connectivity index (χ2n) is 9.50. The number of thiophene rings is 1. The number of sulfonamides is 1. The fourth-order valence-corrected chi connectivity index (χ4v) is 10.6. The van der Waals surface area contributed by atoms with Crippen LogP contribution in [0, 0.1) is 24.7 Å². The van der Waals surface area contributed by atoms with Gasteiger partial charge < -0.3 is 0 Å². The lowest BCUT2D eigenvalue weighted by Gasteiger charge is -2.56. The van der Waals surface area contributed by atoms with Crippen LogP contribution in [-0.4, -0.2) is 13.4 Å². The molecule has 7 rings (SSSR count). The van der Waals surface area contributed by atoms with E-state index in [1.54, 1.807) is 6.07 Å². The van der Waals surface area contributed by atoms with Crippen molar-refractivity contribution in [1.29, 1.82) is 0 Å². The van der Waals surface area contributed by atoms with Crippen LogP contribution in [0.5, 0.6) is 0 Å². The smallest absolute Gasteiger partial charge is 0.254 e. The van der Waals surface area contributed by atoms with Crippen molar-refractivity contribution in [3.63, 3.8) is 0 Å². The third kappa shape index (κ3) is 3.04. The molecule has 0 atom stereocenters. The van der Waals surface area contributed by atoms with E-state index < -0.39 is 10.0 Å². The first-order valence-corrected chi connectivity index (χ1v) is 14.0. The van der Waals surface area contributed by atoms with Crippen LogP contribution in [0.25, 0.3) is 10.1 Å². The lowest BCUT2D eigenvalue weighted by molar-refractivity contribution is -0.00688. The standard InChI is InChI=1S/C22H23ClN2O2S3/c1-12-17-7-16(23)2-3-18(17)29-20(12)30(26,27)25-21-24-19(11-28-21)22-8-13-4-14(9-22)6-15(5-13)10-22/h2-3,7,11,13-15H,4-6,8-10H2,1H3,(H,24,25). The Balaban J connectivity index is 1.31. The Morgan fingerprint density at radius 1 is 1.13 bits per heavy atom. The summed E-state index contributed by atoms with van der Waals surface area (Å²) in [5, 5.41) is 4.08. The van der Waals surface area contributed by atoms with Crippen LogP contribution in [0.3, 0.4) is 0 Å². The molecule has 3 aromatic rings. The second kappa shape index (κ2) is 6.67. The zero-order chi connectivity index (χ0) is 20.7. The Hall–Kier alpha value is -1.15. The summed E-state index contributed by atoms with van der Waals surface area (Å²) in [5.74, 6) is 2.52. The average molecular weight is 479 g/mol. The molecule has 0 spiro atoms. The van der Waals surface area contributed by atoms with E-state index in [1.807, 2.05) is 19.1 Å². The van der Waals surface area contributed by atoms with Gasteiger partial charge in [0.05, 0.1) is 5.69 Å². The van der Waals surface area contributed by atoms with Crippen molar-refractivity contribution in [3.05, 3.63) is 39.9 Å². The highest BCUT2D eigenvalue weighted by atomic mass is 35.5. The number of benzene rings is 1. The van der Waals surface area contributed by atoms with Gasteiger partial charge in [0, 0.05) is 20.5 Å². The van der Waals surface area contributed by atoms with Crippen LogP contribution in [0.1, 0.15) is 49.8 Å². The van der Waals surface area contributed by atoms with E-state index in [9.17, 15) is 8.42 Å². The van der Waals surface area contributed by atoms with Crippen LogP contribution in [0.15, 0.2) is 27.8 Å². The Morgan fingerprint density at radius 3 is 2.47 bits per heavy atom. The first kappa shape index (κ1) is 19.5. The van der Waals surface area contributed by atoms with Gasteiger partial charge in [-0.2, -0.15) is 0 Å². The number of rotatable bonds is 4. The molecule has 0 radical (unpaired) electrons. The van der Waals surface area contributed by atoms with Crippen molar-refractivity contribution >= 4 is 59.5 Å². The van der Waals surface area contributed by atoms with E-state index in [0.717, 1.165) is 39.1 Å². The van der Waals surface area contributed by atoms with Gasteiger partial charge in [0.25, 0.3) is 10.0 Å². The Bertz CT molecular complexity index is 1230.